The lowest BCUT2D eigenvalue weighted by molar-refractivity contribution is -0.188. The summed E-state index contributed by atoms with van der Waals surface area (Å²) in [7, 11) is 0. The predicted molar refractivity (Wildman–Crippen MR) is 98.0 cm³/mol. The van der Waals surface area contributed by atoms with Crippen molar-refractivity contribution in [1.29, 1.82) is 0 Å². The van der Waals surface area contributed by atoms with Gasteiger partial charge < -0.3 is 9.47 Å². The molecule has 31 heavy (non-hydrogen) atoms. The Morgan fingerprint density at radius 2 is 1.68 bits per heavy atom. The summed E-state index contributed by atoms with van der Waals surface area (Å²) in [5.41, 5.74) is -1.68. The Balaban J connectivity index is 1.79. The molecule has 0 N–H and O–H groups in total. The molecule has 3 rings (SSSR count). The van der Waals surface area contributed by atoms with Gasteiger partial charge in [0.25, 0.3) is 0 Å². The van der Waals surface area contributed by atoms with E-state index in [2.05, 4.69) is 11.3 Å². The fourth-order valence-electron chi connectivity index (χ4n) is 3.46. The number of benzene rings is 2. The van der Waals surface area contributed by atoms with Gasteiger partial charge >= 0.3 is 6.11 Å². The van der Waals surface area contributed by atoms with Crippen LogP contribution in [0.2, 0.25) is 0 Å². The quantitative estimate of drug-likeness (QED) is 0.259. The van der Waals surface area contributed by atoms with Gasteiger partial charge in [0.1, 0.15) is 11.3 Å². The maximum Gasteiger partial charge on any atom is 0.429 e. The predicted octanol–water partition coefficient (Wildman–Crippen LogP) is 6.94. The van der Waals surface area contributed by atoms with Crippen molar-refractivity contribution >= 4 is 0 Å². The third-order valence-corrected chi connectivity index (χ3v) is 5.13. The second-order valence-corrected chi connectivity index (χ2v) is 7.28. The van der Waals surface area contributed by atoms with Crippen molar-refractivity contribution in [3.8, 4) is 5.75 Å². The van der Waals surface area contributed by atoms with E-state index in [1.807, 2.05) is 0 Å². The van der Waals surface area contributed by atoms with Crippen LogP contribution in [-0.2, 0) is 10.8 Å². The van der Waals surface area contributed by atoms with Crippen LogP contribution in [0.25, 0.3) is 0 Å². The molecule has 0 aliphatic carbocycles. The number of halogens is 7. The van der Waals surface area contributed by atoms with E-state index >= 15 is 0 Å². The third kappa shape index (κ3) is 5.03. The van der Waals surface area contributed by atoms with Gasteiger partial charge in [-0.2, -0.15) is 8.78 Å². The Bertz CT molecular complexity index is 930. The van der Waals surface area contributed by atoms with Crippen LogP contribution in [0, 0.1) is 35.0 Å². The van der Waals surface area contributed by atoms with E-state index in [1.165, 1.54) is 0 Å². The molecule has 168 valence electrons. The Kier molecular flexibility index (Phi) is 6.93. The second-order valence-electron chi connectivity index (χ2n) is 7.28. The first-order valence-electron chi connectivity index (χ1n) is 9.56. The van der Waals surface area contributed by atoms with Gasteiger partial charge in [-0.25, -0.2) is 22.0 Å². The number of rotatable bonds is 7. The monoisotopic (exact) mass is 448 g/mol. The fraction of sp³-hybridized carbons (Fsp3) is 0.364. The van der Waals surface area contributed by atoms with E-state index in [4.69, 9.17) is 4.74 Å². The SMILES string of the molecule is C=CCCC1CCC(c2ccc(C(F)(F)Oc3cc(F)c(F)c(F)c3)c(F)c2F)OC1. The lowest BCUT2D eigenvalue weighted by Crippen LogP contribution is -2.26. The molecule has 1 aliphatic rings. The molecule has 2 nitrogen and oxygen atoms in total. The van der Waals surface area contributed by atoms with Crippen molar-refractivity contribution in [3.63, 3.8) is 0 Å². The van der Waals surface area contributed by atoms with E-state index in [-0.39, 0.29) is 23.6 Å². The highest BCUT2D eigenvalue weighted by atomic mass is 19.3. The zero-order chi connectivity index (χ0) is 22.8. The Hall–Kier alpha value is -2.55. The lowest BCUT2D eigenvalue weighted by Gasteiger charge is -2.30. The summed E-state index contributed by atoms with van der Waals surface area (Å²) in [6.45, 7) is 3.96. The molecule has 0 amide bonds. The van der Waals surface area contributed by atoms with Crippen LogP contribution in [-0.4, -0.2) is 6.61 Å². The van der Waals surface area contributed by atoms with Gasteiger partial charge in [-0.1, -0.05) is 12.1 Å². The molecular weight excluding hydrogens is 429 g/mol. The van der Waals surface area contributed by atoms with E-state index in [9.17, 15) is 30.7 Å². The van der Waals surface area contributed by atoms with Crippen LogP contribution in [0.4, 0.5) is 30.7 Å². The molecule has 1 saturated heterocycles. The molecule has 0 saturated carbocycles. The number of allylic oxidation sites excluding steroid dienone is 1. The van der Waals surface area contributed by atoms with E-state index in [1.54, 1.807) is 6.08 Å². The van der Waals surface area contributed by atoms with E-state index in [0.717, 1.165) is 18.9 Å². The van der Waals surface area contributed by atoms with Crippen LogP contribution in [0.5, 0.6) is 5.75 Å². The molecule has 1 fully saturated rings. The number of alkyl halides is 2. The zero-order valence-corrected chi connectivity index (χ0v) is 16.2. The summed E-state index contributed by atoms with van der Waals surface area (Å²) >= 11 is 0. The molecule has 2 aromatic carbocycles. The number of hydrogen-bond acceptors (Lipinski definition) is 2. The topological polar surface area (TPSA) is 18.5 Å². The first-order chi connectivity index (χ1) is 14.6. The minimum absolute atomic E-state index is 0.174. The molecule has 0 aromatic heterocycles. The van der Waals surface area contributed by atoms with Gasteiger partial charge in [0.15, 0.2) is 29.1 Å². The Labute approximate surface area is 174 Å². The van der Waals surface area contributed by atoms with Crippen molar-refractivity contribution in [2.45, 2.75) is 37.9 Å². The van der Waals surface area contributed by atoms with Gasteiger partial charge in [-0.3, -0.25) is 0 Å². The second kappa shape index (κ2) is 9.30. The Morgan fingerprint density at radius 1 is 1.00 bits per heavy atom. The average molecular weight is 448 g/mol. The molecular formula is C22H19F7O2. The minimum atomic E-state index is -4.48. The van der Waals surface area contributed by atoms with Crippen LogP contribution in [0.15, 0.2) is 36.9 Å². The summed E-state index contributed by atoms with van der Waals surface area (Å²) in [6, 6.07) is 1.93. The van der Waals surface area contributed by atoms with Gasteiger partial charge in [0, 0.05) is 17.7 Å². The highest BCUT2D eigenvalue weighted by molar-refractivity contribution is 5.32. The molecule has 2 aromatic rings. The standard InChI is InChI=1S/C22H19F7O2/c1-2-3-4-12-5-8-18(30-11-12)14-6-7-15(20(26)19(14)25)22(28,29)31-13-9-16(23)21(27)17(24)10-13/h2,6-7,9-10,12,18H,1,3-5,8,11H2. The summed E-state index contributed by atoms with van der Waals surface area (Å²) < 4.78 is 107. The first-order valence-corrected chi connectivity index (χ1v) is 9.56. The van der Waals surface area contributed by atoms with Crippen LogP contribution in [0.1, 0.15) is 42.9 Å². The smallest absolute Gasteiger partial charge is 0.429 e. The summed E-state index contributed by atoms with van der Waals surface area (Å²) in [5.74, 6) is -9.66. The van der Waals surface area contributed by atoms with Gasteiger partial charge in [-0.05, 0) is 37.7 Å². The maximum atomic E-state index is 14.6. The van der Waals surface area contributed by atoms with Crippen molar-refractivity contribution < 1.29 is 40.2 Å². The summed E-state index contributed by atoms with van der Waals surface area (Å²) in [6.07, 6.45) is -0.771. The van der Waals surface area contributed by atoms with Crippen LogP contribution in [0.3, 0.4) is 0 Å². The van der Waals surface area contributed by atoms with E-state index < -0.39 is 52.6 Å². The number of hydrogen-bond donors (Lipinski definition) is 0. The van der Waals surface area contributed by atoms with Gasteiger partial charge in [0.05, 0.1) is 12.7 Å². The molecule has 1 aliphatic heterocycles. The van der Waals surface area contributed by atoms with Crippen molar-refractivity contribution in [3.05, 3.63) is 77.1 Å². The number of ether oxygens (including phenoxy) is 2. The molecule has 0 radical (unpaired) electrons. The van der Waals surface area contributed by atoms with Crippen molar-refractivity contribution in [2.75, 3.05) is 6.61 Å². The average Bonchev–Trinajstić information content (AvgIpc) is 2.72. The fourth-order valence-corrected chi connectivity index (χ4v) is 3.46. The molecule has 2 atom stereocenters. The molecule has 0 spiro atoms. The highest BCUT2D eigenvalue weighted by Crippen LogP contribution is 2.39. The van der Waals surface area contributed by atoms with Crippen LogP contribution >= 0.6 is 0 Å². The molecule has 0 bridgehead atoms. The van der Waals surface area contributed by atoms with Crippen molar-refractivity contribution in [2.24, 2.45) is 5.92 Å². The van der Waals surface area contributed by atoms with Crippen LogP contribution < -0.4 is 4.74 Å². The Morgan fingerprint density at radius 3 is 2.26 bits per heavy atom. The molecule has 9 heteroatoms. The largest absolute Gasteiger partial charge is 0.429 e. The summed E-state index contributed by atoms with van der Waals surface area (Å²) in [4.78, 5) is 0. The highest BCUT2D eigenvalue weighted by Gasteiger charge is 2.40. The maximum absolute atomic E-state index is 14.6. The zero-order valence-electron chi connectivity index (χ0n) is 16.2. The van der Waals surface area contributed by atoms with Gasteiger partial charge in [0.2, 0.25) is 0 Å². The van der Waals surface area contributed by atoms with Gasteiger partial charge in [-0.15, -0.1) is 6.58 Å². The van der Waals surface area contributed by atoms with E-state index in [0.29, 0.717) is 25.5 Å². The minimum Gasteiger partial charge on any atom is -0.429 e. The first kappa shape index (κ1) is 23.1. The normalized spacial score (nSPS) is 19.3. The molecule has 2 unspecified atom stereocenters. The lowest BCUT2D eigenvalue weighted by atomic mass is 9.91. The summed E-state index contributed by atoms with van der Waals surface area (Å²) in [5, 5.41) is 0. The van der Waals surface area contributed by atoms with Crippen molar-refractivity contribution in [1.82, 2.24) is 0 Å². The third-order valence-electron chi connectivity index (χ3n) is 5.13. The molecule has 1 heterocycles.